The van der Waals surface area contributed by atoms with Gasteiger partial charge in [0.2, 0.25) is 11.8 Å². The molecule has 3 rings (SSSR count). The third-order valence-corrected chi connectivity index (χ3v) is 5.32. The topological polar surface area (TPSA) is 114 Å². The van der Waals surface area contributed by atoms with Crippen molar-refractivity contribution in [2.45, 2.75) is 18.1 Å². The van der Waals surface area contributed by atoms with Crippen LogP contribution in [-0.4, -0.2) is 41.6 Å². The van der Waals surface area contributed by atoms with E-state index < -0.39 is 5.25 Å². The average molecular weight is 416 g/mol. The van der Waals surface area contributed by atoms with Crippen LogP contribution in [0.4, 0.5) is 10.5 Å². The lowest BCUT2D eigenvalue weighted by molar-refractivity contribution is -0.119. The highest BCUT2D eigenvalue weighted by Gasteiger charge is 2.31. The van der Waals surface area contributed by atoms with Gasteiger partial charge in [0, 0.05) is 0 Å². The van der Waals surface area contributed by atoms with E-state index in [0.717, 1.165) is 11.8 Å². The first-order valence-corrected chi connectivity index (χ1v) is 9.61. The van der Waals surface area contributed by atoms with E-state index >= 15 is 0 Å². The highest BCUT2D eigenvalue weighted by atomic mass is 32.2. The van der Waals surface area contributed by atoms with E-state index in [1.54, 1.807) is 30.3 Å². The molecule has 0 spiro atoms. The van der Waals surface area contributed by atoms with Crippen LogP contribution in [0.2, 0.25) is 0 Å². The molecule has 8 nitrogen and oxygen atoms in total. The maximum atomic E-state index is 12.4. The first-order chi connectivity index (χ1) is 13.9. The summed E-state index contributed by atoms with van der Waals surface area (Å²) in [6.45, 7) is 0. The number of nitrogens with one attached hydrogen (secondary N) is 2. The number of hydrogen-bond acceptors (Lipinski definition) is 7. The fourth-order valence-electron chi connectivity index (χ4n) is 2.92. The summed E-state index contributed by atoms with van der Waals surface area (Å²) in [5.74, 6) is 0.327. The fourth-order valence-corrected chi connectivity index (χ4v) is 3.78. The van der Waals surface area contributed by atoms with Crippen molar-refractivity contribution in [3.05, 3.63) is 47.5 Å². The molecule has 0 aromatic heterocycles. The van der Waals surface area contributed by atoms with Crippen molar-refractivity contribution in [1.82, 2.24) is 5.32 Å². The summed E-state index contributed by atoms with van der Waals surface area (Å²) in [5, 5.41) is 14.1. The zero-order chi connectivity index (χ0) is 21.0. The molecule has 0 radical (unpaired) electrons. The van der Waals surface area contributed by atoms with Crippen molar-refractivity contribution >= 4 is 34.5 Å². The third kappa shape index (κ3) is 5.00. The number of carbonyl (C=O) groups excluding carboxylic acids is 3. The summed E-state index contributed by atoms with van der Waals surface area (Å²) in [5.41, 5.74) is 1.67. The maximum Gasteiger partial charge on any atom is 0.286 e. The van der Waals surface area contributed by atoms with E-state index in [-0.39, 0.29) is 34.9 Å². The van der Waals surface area contributed by atoms with Gasteiger partial charge in [-0.25, -0.2) is 0 Å². The second kappa shape index (κ2) is 8.87. The van der Waals surface area contributed by atoms with Crippen LogP contribution >= 0.6 is 11.8 Å². The SMILES string of the molecule is COc1ccc(CC(=O)Nc2cc(CC3SC(=O)NC3=O)ccc2O)cc1OC. The Morgan fingerprint density at radius 3 is 2.48 bits per heavy atom. The number of phenols is 1. The predicted octanol–water partition coefficient (Wildman–Crippen LogP) is 2.48. The van der Waals surface area contributed by atoms with Gasteiger partial charge in [-0.2, -0.15) is 0 Å². The molecule has 9 heteroatoms. The number of imide groups is 1. The number of thioether (sulfide) groups is 1. The summed E-state index contributed by atoms with van der Waals surface area (Å²) >= 11 is 0.929. The van der Waals surface area contributed by atoms with Crippen LogP contribution in [0.5, 0.6) is 17.2 Å². The van der Waals surface area contributed by atoms with Crippen molar-refractivity contribution in [2.75, 3.05) is 19.5 Å². The van der Waals surface area contributed by atoms with Crippen LogP contribution in [0.15, 0.2) is 36.4 Å². The first-order valence-electron chi connectivity index (χ1n) is 8.73. The zero-order valence-electron chi connectivity index (χ0n) is 15.9. The number of methoxy groups -OCH3 is 2. The number of rotatable bonds is 7. The Morgan fingerprint density at radius 2 is 1.83 bits per heavy atom. The van der Waals surface area contributed by atoms with E-state index in [0.29, 0.717) is 29.0 Å². The molecule has 152 valence electrons. The minimum Gasteiger partial charge on any atom is -0.506 e. The monoisotopic (exact) mass is 416 g/mol. The number of amides is 3. The van der Waals surface area contributed by atoms with Gasteiger partial charge in [0.15, 0.2) is 11.5 Å². The van der Waals surface area contributed by atoms with E-state index in [1.165, 1.54) is 20.3 Å². The summed E-state index contributed by atoms with van der Waals surface area (Å²) in [7, 11) is 3.05. The molecule has 0 saturated carbocycles. The Morgan fingerprint density at radius 1 is 1.10 bits per heavy atom. The Hall–Kier alpha value is -3.20. The van der Waals surface area contributed by atoms with E-state index in [4.69, 9.17) is 9.47 Å². The highest BCUT2D eigenvalue weighted by Crippen LogP contribution is 2.30. The Balaban J connectivity index is 1.68. The Kier molecular flexibility index (Phi) is 6.28. The van der Waals surface area contributed by atoms with Gasteiger partial charge in [0.1, 0.15) is 5.75 Å². The van der Waals surface area contributed by atoms with Crippen molar-refractivity contribution in [3.63, 3.8) is 0 Å². The lowest BCUT2D eigenvalue weighted by atomic mass is 10.1. The maximum absolute atomic E-state index is 12.4. The highest BCUT2D eigenvalue weighted by molar-refractivity contribution is 8.15. The molecule has 0 bridgehead atoms. The summed E-state index contributed by atoms with van der Waals surface area (Å²) in [6, 6.07) is 9.87. The molecule has 1 heterocycles. The van der Waals surface area contributed by atoms with Crippen LogP contribution in [0.3, 0.4) is 0 Å². The van der Waals surface area contributed by atoms with Crippen LogP contribution in [0.25, 0.3) is 0 Å². The predicted molar refractivity (Wildman–Crippen MR) is 109 cm³/mol. The van der Waals surface area contributed by atoms with Crippen molar-refractivity contribution in [3.8, 4) is 17.2 Å². The molecule has 2 aromatic rings. The Labute approximate surface area is 171 Å². The van der Waals surface area contributed by atoms with Crippen molar-refractivity contribution < 1.29 is 29.0 Å². The minimum absolute atomic E-state index is 0.0689. The normalized spacial score (nSPS) is 15.7. The number of benzene rings is 2. The van der Waals surface area contributed by atoms with Crippen molar-refractivity contribution in [2.24, 2.45) is 0 Å². The summed E-state index contributed by atoms with van der Waals surface area (Å²) in [4.78, 5) is 35.5. The molecule has 1 unspecified atom stereocenters. The second-order valence-corrected chi connectivity index (χ2v) is 7.53. The molecule has 3 N–H and O–H groups in total. The largest absolute Gasteiger partial charge is 0.506 e. The molecule has 1 atom stereocenters. The van der Waals surface area contributed by atoms with E-state index in [1.807, 2.05) is 0 Å². The van der Waals surface area contributed by atoms with Crippen LogP contribution in [0.1, 0.15) is 11.1 Å². The number of carbonyl (C=O) groups is 3. The average Bonchev–Trinajstić information content (AvgIpc) is 3.01. The van der Waals surface area contributed by atoms with Crippen LogP contribution in [-0.2, 0) is 22.4 Å². The van der Waals surface area contributed by atoms with E-state index in [2.05, 4.69) is 10.6 Å². The van der Waals surface area contributed by atoms with Gasteiger partial charge in [-0.05, 0) is 41.8 Å². The lowest BCUT2D eigenvalue weighted by Gasteiger charge is -2.12. The molecule has 1 aliphatic rings. The fraction of sp³-hybridized carbons (Fsp3) is 0.250. The number of ether oxygens (including phenoxy) is 2. The first kappa shape index (κ1) is 20.5. The molecular weight excluding hydrogens is 396 g/mol. The minimum atomic E-state index is -0.526. The third-order valence-electron chi connectivity index (χ3n) is 4.34. The number of anilines is 1. The molecule has 3 amide bonds. The summed E-state index contributed by atoms with van der Waals surface area (Å²) in [6.07, 6.45) is 0.375. The quantitative estimate of drug-likeness (QED) is 0.594. The summed E-state index contributed by atoms with van der Waals surface area (Å²) < 4.78 is 10.4. The number of phenolic OH excluding ortho intramolecular Hbond substituents is 1. The smallest absolute Gasteiger partial charge is 0.286 e. The van der Waals surface area contributed by atoms with Gasteiger partial charge in [-0.3, -0.25) is 19.7 Å². The van der Waals surface area contributed by atoms with Crippen LogP contribution < -0.4 is 20.1 Å². The molecule has 0 aliphatic carbocycles. The van der Waals surface area contributed by atoms with Gasteiger partial charge in [-0.15, -0.1) is 0 Å². The molecular formula is C20H20N2O6S. The molecule has 2 aromatic carbocycles. The lowest BCUT2D eigenvalue weighted by Crippen LogP contribution is -2.25. The van der Waals surface area contributed by atoms with E-state index in [9.17, 15) is 19.5 Å². The molecule has 1 fully saturated rings. The van der Waals surface area contributed by atoms with Gasteiger partial charge in [0.25, 0.3) is 5.24 Å². The van der Waals surface area contributed by atoms with Crippen molar-refractivity contribution in [1.29, 1.82) is 0 Å². The second-order valence-electron chi connectivity index (χ2n) is 6.35. The zero-order valence-corrected chi connectivity index (χ0v) is 16.7. The number of aromatic hydroxyl groups is 1. The number of hydrogen-bond donors (Lipinski definition) is 3. The van der Waals surface area contributed by atoms with Gasteiger partial charge < -0.3 is 19.9 Å². The molecule has 1 aliphatic heterocycles. The van der Waals surface area contributed by atoms with Gasteiger partial charge >= 0.3 is 0 Å². The van der Waals surface area contributed by atoms with Gasteiger partial charge in [0.05, 0.1) is 31.6 Å². The standard InChI is InChI=1S/C20H20N2O6S/c1-27-15-6-4-12(8-16(15)28-2)10-18(24)21-13-7-11(3-5-14(13)23)9-17-19(25)22-20(26)29-17/h3-8,17,23H,9-10H2,1-2H3,(H,21,24)(H,22,25,26). The molecule has 1 saturated heterocycles. The van der Waals surface area contributed by atoms with Crippen LogP contribution in [0, 0.1) is 0 Å². The Bertz CT molecular complexity index is 962. The van der Waals surface area contributed by atoms with Gasteiger partial charge in [-0.1, -0.05) is 23.9 Å². The molecule has 29 heavy (non-hydrogen) atoms.